The molecule has 1 unspecified atom stereocenters. The quantitative estimate of drug-likeness (QED) is 0.783. The Morgan fingerprint density at radius 2 is 2.15 bits per heavy atom. The van der Waals surface area contributed by atoms with Crippen LogP contribution in [0.1, 0.15) is 35.7 Å². The van der Waals surface area contributed by atoms with Crippen molar-refractivity contribution in [1.29, 1.82) is 0 Å². The number of benzene rings is 1. The molecule has 5 nitrogen and oxygen atoms in total. The van der Waals surface area contributed by atoms with E-state index in [0.717, 1.165) is 0 Å². The van der Waals surface area contributed by atoms with Crippen molar-refractivity contribution in [3.63, 3.8) is 0 Å². The largest absolute Gasteiger partial charge is 0.478 e. The zero-order chi connectivity index (χ0) is 15.3. The monoisotopic (exact) mass is 295 g/mol. The summed E-state index contributed by atoms with van der Waals surface area (Å²) >= 11 is 0. The van der Waals surface area contributed by atoms with Crippen molar-refractivity contribution < 1.29 is 18.3 Å². The van der Waals surface area contributed by atoms with Gasteiger partial charge in [0.15, 0.2) is 0 Å². The van der Waals surface area contributed by atoms with Crippen LogP contribution in [-0.2, 0) is 10.0 Å². The summed E-state index contributed by atoms with van der Waals surface area (Å²) in [6.07, 6.45) is 6.04. The van der Waals surface area contributed by atoms with Gasteiger partial charge in [0.1, 0.15) is 0 Å². The van der Waals surface area contributed by atoms with E-state index in [9.17, 15) is 13.2 Å². The van der Waals surface area contributed by atoms with Crippen LogP contribution in [0.3, 0.4) is 0 Å². The lowest BCUT2D eigenvalue weighted by molar-refractivity contribution is 0.0696. The Labute approximate surface area is 119 Å². The van der Waals surface area contributed by atoms with Crippen LogP contribution < -0.4 is 4.72 Å². The third-order valence-corrected chi connectivity index (χ3v) is 4.65. The molecule has 0 fully saturated rings. The molecule has 0 radical (unpaired) electrons. The Bertz CT molecular complexity index is 644. The molecule has 0 saturated heterocycles. The van der Waals surface area contributed by atoms with Gasteiger partial charge in [-0.15, -0.1) is 12.3 Å². The van der Waals surface area contributed by atoms with Crippen molar-refractivity contribution in [2.75, 3.05) is 0 Å². The maximum absolute atomic E-state index is 12.3. The molecule has 0 bridgehead atoms. The molecule has 0 aromatic heterocycles. The van der Waals surface area contributed by atoms with Crippen LogP contribution >= 0.6 is 0 Å². The Morgan fingerprint density at radius 3 is 2.65 bits per heavy atom. The van der Waals surface area contributed by atoms with Gasteiger partial charge in [-0.1, -0.05) is 13.0 Å². The van der Waals surface area contributed by atoms with E-state index in [1.54, 1.807) is 0 Å². The van der Waals surface area contributed by atoms with E-state index in [4.69, 9.17) is 11.5 Å². The van der Waals surface area contributed by atoms with Crippen molar-refractivity contribution in [3.8, 4) is 12.3 Å². The molecule has 1 aromatic carbocycles. The molecule has 20 heavy (non-hydrogen) atoms. The van der Waals surface area contributed by atoms with Gasteiger partial charge in [0.25, 0.3) is 0 Å². The normalized spacial score (nSPS) is 12.7. The molecule has 2 N–H and O–H groups in total. The Balaban J connectivity index is 3.20. The van der Waals surface area contributed by atoms with Crippen LogP contribution in [-0.4, -0.2) is 25.5 Å². The first-order chi connectivity index (χ1) is 9.33. The van der Waals surface area contributed by atoms with E-state index in [0.29, 0.717) is 6.42 Å². The van der Waals surface area contributed by atoms with Crippen molar-refractivity contribution in [1.82, 2.24) is 4.72 Å². The zero-order valence-electron chi connectivity index (χ0n) is 11.4. The highest BCUT2D eigenvalue weighted by Gasteiger charge is 2.23. The van der Waals surface area contributed by atoms with Gasteiger partial charge in [-0.05, 0) is 31.0 Å². The fraction of sp³-hybridized carbons (Fsp3) is 0.357. The number of terminal acetylenes is 1. The van der Waals surface area contributed by atoms with E-state index >= 15 is 0 Å². The molecule has 0 aliphatic heterocycles. The van der Waals surface area contributed by atoms with Gasteiger partial charge in [-0.25, -0.2) is 17.9 Å². The number of hydrogen-bond donors (Lipinski definition) is 2. The lowest BCUT2D eigenvalue weighted by atomic mass is 10.1. The minimum atomic E-state index is -3.79. The van der Waals surface area contributed by atoms with Crippen molar-refractivity contribution in [2.24, 2.45) is 0 Å². The Hall–Kier alpha value is -1.84. The van der Waals surface area contributed by atoms with Gasteiger partial charge < -0.3 is 5.11 Å². The first-order valence-electron chi connectivity index (χ1n) is 6.12. The second kappa shape index (κ2) is 6.55. The van der Waals surface area contributed by atoms with Crippen LogP contribution in [0.4, 0.5) is 0 Å². The first-order valence-corrected chi connectivity index (χ1v) is 7.60. The fourth-order valence-corrected chi connectivity index (χ4v) is 3.42. The maximum atomic E-state index is 12.3. The summed E-state index contributed by atoms with van der Waals surface area (Å²) in [5.74, 6) is 1.26. The van der Waals surface area contributed by atoms with Crippen LogP contribution in [0.25, 0.3) is 0 Å². The average Bonchev–Trinajstić information content (AvgIpc) is 2.37. The lowest BCUT2D eigenvalue weighted by Gasteiger charge is -2.16. The minimum Gasteiger partial charge on any atom is -0.478 e. The highest BCUT2D eigenvalue weighted by atomic mass is 32.2. The fourth-order valence-electron chi connectivity index (χ4n) is 1.83. The van der Waals surface area contributed by atoms with Gasteiger partial charge in [0.05, 0.1) is 10.5 Å². The summed E-state index contributed by atoms with van der Waals surface area (Å²) in [7, 11) is -3.79. The summed E-state index contributed by atoms with van der Waals surface area (Å²) < 4.78 is 27.1. The molecule has 0 aliphatic rings. The minimum absolute atomic E-state index is 0.0297. The molecular formula is C14H17NO4S. The van der Waals surface area contributed by atoms with Gasteiger partial charge in [0.2, 0.25) is 10.0 Å². The van der Waals surface area contributed by atoms with E-state index in [-0.39, 0.29) is 28.5 Å². The third kappa shape index (κ3) is 3.59. The van der Waals surface area contributed by atoms with Crippen molar-refractivity contribution in [2.45, 2.75) is 37.6 Å². The van der Waals surface area contributed by atoms with Gasteiger partial charge in [-0.3, -0.25) is 0 Å². The molecule has 0 spiro atoms. The van der Waals surface area contributed by atoms with Gasteiger partial charge >= 0.3 is 5.97 Å². The molecule has 108 valence electrons. The lowest BCUT2D eigenvalue weighted by Crippen LogP contribution is -2.34. The maximum Gasteiger partial charge on any atom is 0.335 e. The topological polar surface area (TPSA) is 83.5 Å². The molecule has 0 saturated carbocycles. The summed E-state index contributed by atoms with van der Waals surface area (Å²) in [6, 6.07) is 3.80. The third-order valence-electron chi connectivity index (χ3n) is 2.98. The number of carbonyl (C=O) groups is 1. The highest BCUT2D eigenvalue weighted by Crippen LogP contribution is 2.19. The van der Waals surface area contributed by atoms with E-state index < -0.39 is 16.0 Å². The second-order valence-electron chi connectivity index (χ2n) is 4.37. The van der Waals surface area contributed by atoms with Crippen LogP contribution in [0.5, 0.6) is 0 Å². The molecule has 0 amide bonds. The molecule has 1 atom stereocenters. The van der Waals surface area contributed by atoms with Crippen LogP contribution in [0.15, 0.2) is 23.1 Å². The first kappa shape index (κ1) is 16.2. The number of rotatable bonds is 6. The smallest absolute Gasteiger partial charge is 0.335 e. The Morgan fingerprint density at radius 1 is 1.50 bits per heavy atom. The number of nitrogens with one attached hydrogen (secondary N) is 1. The molecule has 6 heteroatoms. The molecule has 0 heterocycles. The number of carboxylic acid groups (broad SMARTS) is 1. The summed E-state index contributed by atoms with van der Waals surface area (Å²) in [6.45, 7) is 3.30. The summed E-state index contributed by atoms with van der Waals surface area (Å²) in [4.78, 5) is 11.0. The SMILES string of the molecule is C#CCC(CC)NS(=O)(=O)c1cccc(C(=O)O)c1C. The predicted molar refractivity (Wildman–Crippen MR) is 76.0 cm³/mol. The number of carboxylic acids is 1. The molecule has 1 aromatic rings. The van der Waals surface area contributed by atoms with Crippen LogP contribution in [0, 0.1) is 19.3 Å². The zero-order valence-corrected chi connectivity index (χ0v) is 12.2. The standard InChI is InChI=1S/C14H17NO4S/c1-4-7-11(5-2)15-20(18,19)13-9-6-8-12(10(13)3)14(16)17/h1,6,8-9,11,15H,5,7H2,2-3H3,(H,16,17). The highest BCUT2D eigenvalue weighted by molar-refractivity contribution is 7.89. The predicted octanol–water partition coefficient (Wildman–Crippen LogP) is 1.77. The molecule has 1 rings (SSSR count). The second-order valence-corrected chi connectivity index (χ2v) is 6.05. The summed E-state index contributed by atoms with van der Waals surface area (Å²) in [5.41, 5.74) is 0.181. The Kier molecular flexibility index (Phi) is 5.31. The van der Waals surface area contributed by atoms with Crippen molar-refractivity contribution >= 4 is 16.0 Å². The van der Waals surface area contributed by atoms with Gasteiger partial charge in [-0.2, -0.15) is 0 Å². The van der Waals surface area contributed by atoms with E-state index in [2.05, 4.69) is 10.6 Å². The molecule has 0 aliphatic carbocycles. The number of aromatic carboxylic acids is 1. The van der Waals surface area contributed by atoms with Crippen molar-refractivity contribution in [3.05, 3.63) is 29.3 Å². The van der Waals surface area contributed by atoms with Crippen LogP contribution in [0.2, 0.25) is 0 Å². The summed E-state index contributed by atoms with van der Waals surface area (Å²) in [5, 5.41) is 9.03. The molecular weight excluding hydrogens is 278 g/mol. The van der Waals surface area contributed by atoms with E-state index in [1.807, 2.05) is 6.92 Å². The van der Waals surface area contributed by atoms with Gasteiger partial charge in [0, 0.05) is 12.5 Å². The number of sulfonamides is 1. The number of hydrogen-bond acceptors (Lipinski definition) is 3. The average molecular weight is 295 g/mol. The van der Waals surface area contributed by atoms with E-state index in [1.165, 1.54) is 25.1 Å².